The van der Waals surface area contributed by atoms with Gasteiger partial charge in [0.05, 0.1) is 10.5 Å². The Kier molecular flexibility index (Phi) is 6.93. The van der Waals surface area contributed by atoms with Gasteiger partial charge in [-0.1, -0.05) is 12.1 Å². The van der Waals surface area contributed by atoms with Crippen molar-refractivity contribution in [2.24, 2.45) is 5.92 Å². The number of carbonyl (C=O) groups excluding carboxylic acids is 1. The summed E-state index contributed by atoms with van der Waals surface area (Å²) >= 11 is 0. The second-order valence-corrected chi connectivity index (χ2v) is 9.92. The zero-order chi connectivity index (χ0) is 21.0. The van der Waals surface area contributed by atoms with Crippen LogP contribution in [0, 0.1) is 17.2 Å². The van der Waals surface area contributed by atoms with Crippen LogP contribution in [-0.2, 0) is 14.8 Å². The predicted molar refractivity (Wildman–Crippen MR) is 111 cm³/mol. The summed E-state index contributed by atoms with van der Waals surface area (Å²) in [7, 11) is -3.75. The summed E-state index contributed by atoms with van der Waals surface area (Å²) < 4.78 is 28.1. The minimum absolute atomic E-state index is 0.0173. The molecule has 2 aliphatic rings. The molecule has 0 bridgehead atoms. The summed E-state index contributed by atoms with van der Waals surface area (Å²) in [4.78, 5) is 17.2. The maximum absolute atomic E-state index is 12.9. The van der Waals surface area contributed by atoms with Crippen LogP contribution in [0.25, 0.3) is 0 Å². The second kappa shape index (κ2) is 9.24. The molecule has 1 aliphatic carbocycles. The van der Waals surface area contributed by atoms with E-state index in [1.54, 1.807) is 12.1 Å². The number of nitrogens with one attached hydrogen (secondary N) is 1. The summed E-state index contributed by atoms with van der Waals surface area (Å²) in [5.41, 5.74) is 0.143. The number of hydrogen-bond donors (Lipinski definition) is 1. The van der Waals surface area contributed by atoms with Crippen molar-refractivity contribution in [3.05, 3.63) is 29.8 Å². The van der Waals surface area contributed by atoms with Crippen LogP contribution in [0.2, 0.25) is 0 Å². The molecular formula is C21H30N4O3S. The lowest BCUT2D eigenvalue weighted by Crippen LogP contribution is -2.52. The monoisotopic (exact) mass is 418 g/mol. The van der Waals surface area contributed by atoms with E-state index >= 15 is 0 Å². The molecule has 7 nitrogen and oxygen atoms in total. The van der Waals surface area contributed by atoms with E-state index in [0.29, 0.717) is 31.7 Å². The number of nitrogens with zero attached hydrogens (tertiary/aromatic N) is 3. The van der Waals surface area contributed by atoms with Crippen molar-refractivity contribution in [2.75, 3.05) is 26.2 Å². The number of amides is 1. The van der Waals surface area contributed by atoms with Gasteiger partial charge in [-0.2, -0.15) is 5.26 Å². The summed E-state index contributed by atoms with van der Waals surface area (Å²) in [6.07, 6.45) is 2.65. The summed E-state index contributed by atoms with van der Waals surface area (Å²) in [6.45, 7) is 7.72. The van der Waals surface area contributed by atoms with Gasteiger partial charge in [-0.3, -0.25) is 9.69 Å². The first-order valence-corrected chi connectivity index (χ1v) is 11.8. The molecule has 1 saturated heterocycles. The van der Waals surface area contributed by atoms with Crippen molar-refractivity contribution in [3.63, 3.8) is 0 Å². The Morgan fingerprint density at radius 2 is 1.72 bits per heavy atom. The minimum Gasteiger partial charge on any atom is -0.340 e. The van der Waals surface area contributed by atoms with Crippen molar-refractivity contribution in [1.29, 1.82) is 5.26 Å². The fourth-order valence-corrected chi connectivity index (χ4v) is 5.71. The zero-order valence-corrected chi connectivity index (χ0v) is 18.0. The molecule has 8 heteroatoms. The third kappa shape index (κ3) is 5.16. The third-order valence-corrected chi connectivity index (χ3v) is 7.63. The van der Waals surface area contributed by atoms with Crippen LogP contribution in [0.5, 0.6) is 0 Å². The molecule has 0 spiro atoms. The maximum Gasteiger partial charge on any atom is 0.242 e. The second-order valence-electron chi connectivity index (χ2n) is 8.23. The molecule has 1 heterocycles. The molecule has 0 aromatic heterocycles. The Balaban J connectivity index is 1.53. The first kappa shape index (κ1) is 21.8. The molecular weight excluding hydrogens is 388 g/mol. The van der Waals surface area contributed by atoms with E-state index in [-0.39, 0.29) is 28.3 Å². The van der Waals surface area contributed by atoms with Gasteiger partial charge in [0.25, 0.3) is 0 Å². The van der Waals surface area contributed by atoms with Crippen LogP contribution in [0.4, 0.5) is 0 Å². The van der Waals surface area contributed by atoms with E-state index < -0.39 is 10.0 Å². The van der Waals surface area contributed by atoms with Gasteiger partial charge in [0, 0.05) is 44.2 Å². The van der Waals surface area contributed by atoms with Crippen molar-refractivity contribution < 1.29 is 13.2 Å². The van der Waals surface area contributed by atoms with E-state index in [9.17, 15) is 13.2 Å². The fraction of sp³-hybridized carbons (Fsp3) is 0.619. The van der Waals surface area contributed by atoms with E-state index in [2.05, 4.69) is 23.5 Å². The average molecular weight is 419 g/mol. The number of carbonyl (C=O) groups is 1. The Hall–Kier alpha value is -1.95. The quantitative estimate of drug-likeness (QED) is 0.789. The SMILES string of the molecule is CC(C)N1CCN(C(=O)C2CCC(NS(=O)(=O)c3ccccc3C#N)CC2)CC1. The average Bonchev–Trinajstić information content (AvgIpc) is 2.73. The summed E-state index contributed by atoms with van der Waals surface area (Å²) in [5.74, 6) is 0.192. The first-order valence-electron chi connectivity index (χ1n) is 10.4. The lowest BCUT2D eigenvalue weighted by Gasteiger charge is -2.39. The molecule has 0 atom stereocenters. The molecule has 1 aliphatic heterocycles. The number of rotatable bonds is 5. The van der Waals surface area contributed by atoms with E-state index in [1.165, 1.54) is 12.1 Å². The Morgan fingerprint density at radius 1 is 1.10 bits per heavy atom. The molecule has 0 radical (unpaired) electrons. The van der Waals surface area contributed by atoms with Gasteiger partial charge in [0.1, 0.15) is 6.07 Å². The number of sulfonamides is 1. The number of piperazine rings is 1. The van der Waals surface area contributed by atoms with Gasteiger partial charge >= 0.3 is 0 Å². The lowest BCUT2D eigenvalue weighted by molar-refractivity contribution is -0.138. The minimum atomic E-state index is -3.75. The van der Waals surface area contributed by atoms with Gasteiger partial charge in [-0.05, 0) is 51.7 Å². The lowest BCUT2D eigenvalue weighted by atomic mass is 9.85. The van der Waals surface area contributed by atoms with Crippen molar-refractivity contribution in [1.82, 2.24) is 14.5 Å². The Morgan fingerprint density at radius 3 is 2.31 bits per heavy atom. The molecule has 1 aromatic carbocycles. The number of benzene rings is 1. The normalized spacial score (nSPS) is 23.7. The highest BCUT2D eigenvalue weighted by Gasteiger charge is 2.33. The van der Waals surface area contributed by atoms with Crippen molar-refractivity contribution >= 4 is 15.9 Å². The Bertz CT molecular complexity index is 862. The maximum atomic E-state index is 12.9. The molecule has 3 rings (SSSR count). The number of hydrogen-bond acceptors (Lipinski definition) is 5. The van der Waals surface area contributed by atoms with Crippen LogP contribution in [0.15, 0.2) is 29.2 Å². The zero-order valence-electron chi connectivity index (χ0n) is 17.2. The Labute approximate surface area is 173 Å². The van der Waals surface area contributed by atoms with Gasteiger partial charge in [0.2, 0.25) is 15.9 Å². The molecule has 1 aromatic rings. The highest BCUT2D eigenvalue weighted by molar-refractivity contribution is 7.89. The van der Waals surface area contributed by atoms with Crippen molar-refractivity contribution in [3.8, 4) is 6.07 Å². The predicted octanol–water partition coefficient (Wildman–Crippen LogP) is 1.95. The van der Waals surface area contributed by atoms with Gasteiger partial charge in [-0.15, -0.1) is 0 Å². The molecule has 1 amide bonds. The van der Waals surface area contributed by atoms with E-state index in [4.69, 9.17) is 5.26 Å². The largest absolute Gasteiger partial charge is 0.340 e. The third-order valence-electron chi connectivity index (χ3n) is 6.05. The summed E-state index contributed by atoms with van der Waals surface area (Å²) in [6, 6.07) is 8.45. The van der Waals surface area contributed by atoms with Crippen LogP contribution in [0.1, 0.15) is 45.1 Å². The van der Waals surface area contributed by atoms with Gasteiger partial charge in [-0.25, -0.2) is 13.1 Å². The van der Waals surface area contributed by atoms with Crippen LogP contribution in [0.3, 0.4) is 0 Å². The van der Waals surface area contributed by atoms with Gasteiger partial charge < -0.3 is 4.90 Å². The van der Waals surface area contributed by atoms with Crippen LogP contribution >= 0.6 is 0 Å². The smallest absolute Gasteiger partial charge is 0.242 e. The van der Waals surface area contributed by atoms with Crippen molar-refractivity contribution in [2.45, 2.75) is 56.5 Å². The fourth-order valence-electron chi connectivity index (χ4n) is 4.25. The molecule has 158 valence electrons. The van der Waals surface area contributed by atoms with Gasteiger partial charge in [0.15, 0.2) is 0 Å². The topological polar surface area (TPSA) is 93.5 Å². The molecule has 0 unspecified atom stereocenters. The number of nitriles is 1. The van der Waals surface area contributed by atoms with Crippen LogP contribution < -0.4 is 4.72 Å². The molecule has 29 heavy (non-hydrogen) atoms. The van der Waals surface area contributed by atoms with E-state index in [1.807, 2.05) is 11.0 Å². The van der Waals surface area contributed by atoms with Crippen LogP contribution in [-0.4, -0.2) is 62.4 Å². The molecule has 1 saturated carbocycles. The highest BCUT2D eigenvalue weighted by atomic mass is 32.2. The standard InChI is InChI=1S/C21H30N4O3S/c1-16(2)24-11-13-25(14-12-24)21(26)17-7-9-19(10-8-17)23-29(27,28)20-6-4-3-5-18(20)15-22/h3-6,16-17,19,23H,7-14H2,1-2H3. The highest BCUT2D eigenvalue weighted by Crippen LogP contribution is 2.28. The molecule has 1 N–H and O–H groups in total. The summed E-state index contributed by atoms with van der Waals surface area (Å²) in [5, 5.41) is 9.17. The molecule has 2 fully saturated rings. The van der Waals surface area contributed by atoms with E-state index in [0.717, 1.165) is 26.2 Å². The first-order chi connectivity index (χ1) is 13.8.